The average Bonchev–Trinajstić information content (AvgIpc) is 3.08. The first kappa shape index (κ1) is 25.1. The number of benzene rings is 6. The van der Waals surface area contributed by atoms with Crippen molar-refractivity contribution in [1.29, 1.82) is 5.26 Å². The zero-order valence-corrected chi connectivity index (χ0v) is 22.7. The lowest BCUT2D eigenvalue weighted by Crippen LogP contribution is -2.17. The second-order valence-corrected chi connectivity index (χ2v) is 10.0. The third-order valence-electron chi connectivity index (χ3n) is 7.46. The minimum Gasteiger partial charge on any atom is -0.240 e. The molecule has 1 heterocycles. The molecule has 0 spiro atoms. The summed E-state index contributed by atoms with van der Waals surface area (Å²) in [6, 6.07) is 51.4. The summed E-state index contributed by atoms with van der Waals surface area (Å²) >= 11 is 0. The molecular weight excluding hydrogens is 512 g/mol. The quantitative estimate of drug-likeness (QED) is 0.221. The Morgan fingerprint density at radius 1 is 0.476 bits per heavy atom. The van der Waals surface area contributed by atoms with E-state index in [1.54, 1.807) is 0 Å². The summed E-state index contributed by atoms with van der Waals surface area (Å²) in [5, 5.41) is 11.6. The van der Waals surface area contributed by atoms with Gasteiger partial charge in [-0.05, 0) is 69.9 Å². The lowest BCUT2D eigenvalue weighted by Gasteiger charge is -2.16. The lowest BCUT2D eigenvalue weighted by atomic mass is 9.88. The summed E-state index contributed by atoms with van der Waals surface area (Å²) in [6.45, 7) is 0. The number of nitrogens with one attached hydrogen (secondary N) is 1. The standard InChI is InChI=1S/C38H24N4/c39-25-26-19-21-28(22-20-26)31-16-9-10-18-33(31)35-32-17-8-7-11-27(32)23-24-34(35)38-41-36(29-12-3-1-4-13-29)40-37(42-38)30-14-5-2-6-15-30/h1-24H/p+1. The maximum Gasteiger partial charge on any atom is 0.309 e. The Labute approximate surface area is 244 Å². The van der Waals surface area contributed by atoms with Gasteiger partial charge in [-0.1, -0.05) is 113 Å². The summed E-state index contributed by atoms with van der Waals surface area (Å²) < 4.78 is 0. The van der Waals surface area contributed by atoms with Gasteiger partial charge >= 0.3 is 5.82 Å². The fourth-order valence-electron chi connectivity index (χ4n) is 5.42. The highest BCUT2D eigenvalue weighted by Gasteiger charge is 2.24. The number of fused-ring (bicyclic) bond motifs is 1. The summed E-state index contributed by atoms with van der Waals surface area (Å²) in [5.74, 6) is 2.14. The lowest BCUT2D eigenvalue weighted by molar-refractivity contribution is -0.359. The van der Waals surface area contributed by atoms with Crippen LogP contribution in [0.1, 0.15) is 5.56 Å². The molecule has 196 valence electrons. The van der Waals surface area contributed by atoms with Gasteiger partial charge in [0, 0.05) is 5.56 Å². The van der Waals surface area contributed by atoms with Gasteiger partial charge < -0.3 is 0 Å². The number of hydrogen-bond acceptors (Lipinski definition) is 3. The molecule has 1 aromatic heterocycles. The maximum absolute atomic E-state index is 9.36. The van der Waals surface area contributed by atoms with Crippen LogP contribution in [-0.4, -0.2) is 9.97 Å². The van der Waals surface area contributed by atoms with Crippen LogP contribution < -0.4 is 4.98 Å². The van der Waals surface area contributed by atoms with Gasteiger partial charge in [-0.3, -0.25) is 0 Å². The van der Waals surface area contributed by atoms with Crippen LogP contribution >= 0.6 is 0 Å². The van der Waals surface area contributed by atoms with Crippen molar-refractivity contribution in [2.45, 2.75) is 0 Å². The average molecular weight is 538 g/mol. The topological polar surface area (TPSA) is 63.7 Å². The van der Waals surface area contributed by atoms with Gasteiger partial charge in [0.1, 0.15) is 0 Å². The normalized spacial score (nSPS) is 10.8. The van der Waals surface area contributed by atoms with Crippen molar-refractivity contribution in [1.82, 2.24) is 9.97 Å². The van der Waals surface area contributed by atoms with E-state index in [1.165, 1.54) is 0 Å². The van der Waals surface area contributed by atoms with Crippen LogP contribution in [0.5, 0.6) is 0 Å². The van der Waals surface area contributed by atoms with Crippen LogP contribution in [0, 0.1) is 11.3 Å². The molecule has 7 rings (SSSR count). The molecule has 0 aliphatic rings. The van der Waals surface area contributed by atoms with Crippen LogP contribution in [0.3, 0.4) is 0 Å². The Balaban J connectivity index is 1.52. The van der Waals surface area contributed by atoms with E-state index in [0.29, 0.717) is 11.4 Å². The van der Waals surface area contributed by atoms with Crippen molar-refractivity contribution in [3.05, 3.63) is 151 Å². The zero-order valence-electron chi connectivity index (χ0n) is 22.7. The van der Waals surface area contributed by atoms with Crippen LogP contribution in [0.15, 0.2) is 146 Å². The van der Waals surface area contributed by atoms with E-state index in [0.717, 1.165) is 61.4 Å². The van der Waals surface area contributed by atoms with Crippen molar-refractivity contribution in [2.75, 3.05) is 0 Å². The second kappa shape index (κ2) is 10.9. The number of rotatable bonds is 5. The van der Waals surface area contributed by atoms with Crippen molar-refractivity contribution in [3.63, 3.8) is 0 Å². The number of nitrogens with zero attached hydrogens (tertiary/aromatic N) is 3. The molecule has 42 heavy (non-hydrogen) atoms. The number of H-pyrrole nitrogens is 1. The predicted octanol–water partition coefficient (Wildman–Crippen LogP) is 8.65. The summed E-state index contributed by atoms with van der Waals surface area (Å²) in [7, 11) is 0. The van der Waals surface area contributed by atoms with Crippen molar-refractivity contribution < 1.29 is 4.98 Å². The molecule has 0 saturated carbocycles. The van der Waals surface area contributed by atoms with E-state index in [4.69, 9.17) is 9.97 Å². The Morgan fingerprint density at radius 3 is 1.69 bits per heavy atom. The van der Waals surface area contributed by atoms with Crippen LogP contribution in [-0.2, 0) is 0 Å². The summed E-state index contributed by atoms with van der Waals surface area (Å²) in [4.78, 5) is 13.7. The van der Waals surface area contributed by atoms with E-state index in [2.05, 4.69) is 96.0 Å². The third-order valence-corrected chi connectivity index (χ3v) is 7.46. The van der Waals surface area contributed by atoms with Gasteiger partial charge in [0.15, 0.2) is 0 Å². The first-order chi connectivity index (χ1) is 20.8. The van der Waals surface area contributed by atoms with Gasteiger partial charge in [-0.2, -0.15) is 5.26 Å². The fraction of sp³-hybridized carbons (Fsp3) is 0. The molecule has 6 aromatic carbocycles. The van der Waals surface area contributed by atoms with E-state index >= 15 is 0 Å². The molecule has 0 aliphatic carbocycles. The molecule has 0 unspecified atom stereocenters. The first-order valence-electron chi connectivity index (χ1n) is 13.8. The van der Waals surface area contributed by atoms with Gasteiger partial charge in [0.05, 0.1) is 28.3 Å². The SMILES string of the molecule is N#Cc1ccc(-c2ccccc2-c2c(-c3nc(-c4ccccc4)[nH+]c(-c4ccccc4)n3)ccc3ccccc23)cc1. The van der Waals surface area contributed by atoms with E-state index in [9.17, 15) is 5.26 Å². The highest BCUT2D eigenvalue weighted by Crippen LogP contribution is 2.42. The van der Waals surface area contributed by atoms with Gasteiger partial charge in [0.2, 0.25) is 0 Å². The molecule has 4 nitrogen and oxygen atoms in total. The zero-order chi connectivity index (χ0) is 28.3. The highest BCUT2D eigenvalue weighted by molar-refractivity contribution is 6.06. The van der Waals surface area contributed by atoms with Crippen molar-refractivity contribution in [3.8, 4) is 62.5 Å². The molecule has 0 atom stereocenters. The van der Waals surface area contributed by atoms with Crippen LogP contribution in [0.25, 0.3) is 67.2 Å². The molecular formula is C38H25N4+. The smallest absolute Gasteiger partial charge is 0.240 e. The molecule has 7 aromatic rings. The van der Waals surface area contributed by atoms with E-state index in [1.807, 2.05) is 60.7 Å². The van der Waals surface area contributed by atoms with Crippen LogP contribution in [0.4, 0.5) is 0 Å². The Hall–Kier alpha value is -5.92. The molecule has 0 radical (unpaired) electrons. The molecule has 0 bridgehead atoms. The largest absolute Gasteiger partial charge is 0.309 e. The van der Waals surface area contributed by atoms with E-state index < -0.39 is 0 Å². The fourth-order valence-corrected chi connectivity index (χ4v) is 5.42. The monoisotopic (exact) mass is 537 g/mol. The third kappa shape index (κ3) is 4.70. The molecule has 1 N–H and O–H groups in total. The number of nitriles is 1. The van der Waals surface area contributed by atoms with Gasteiger partial charge in [-0.15, -0.1) is 0 Å². The van der Waals surface area contributed by atoms with Crippen molar-refractivity contribution in [2.24, 2.45) is 0 Å². The second-order valence-electron chi connectivity index (χ2n) is 10.0. The first-order valence-corrected chi connectivity index (χ1v) is 13.8. The maximum atomic E-state index is 9.36. The van der Waals surface area contributed by atoms with E-state index in [-0.39, 0.29) is 0 Å². The Morgan fingerprint density at radius 2 is 1.05 bits per heavy atom. The number of hydrogen-bond donors (Lipinski definition) is 0. The highest BCUT2D eigenvalue weighted by atomic mass is 15.0. The molecule has 0 aliphatic heterocycles. The molecule has 0 fully saturated rings. The Bertz CT molecular complexity index is 2020. The molecule has 0 amide bonds. The van der Waals surface area contributed by atoms with Gasteiger partial charge in [-0.25, -0.2) is 4.98 Å². The summed E-state index contributed by atoms with van der Waals surface area (Å²) in [6.07, 6.45) is 0. The number of aromatic nitrogens is 3. The van der Waals surface area contributed by atoms with Crippen molar-refractivity contribution >= 4 is 10.8 Å². The molecule has 4 heteroatoms. The molecule has 0 saturated heterocycles. The summed E-state index contributed by atoms with van der Waals surface area (Å²) in [5.41, 5.74) is 7.81. The predicted molar refractivity (Wildman–Crippen MR) is 168 cm³/mol. The van der Waals surface area contributed by atoms with Crippen LogP contribution in [0.2, 0.25) is 0 Å². The van der Waals surface area contributed by atoms with Gasteiger partial charge in [0.25, 0.3) is 11.6 Å². The Kier molecular flexibility index (Phi) is 6.52. The minimum absolute atomic E-state index is 0.637. The minimum atomic E-state index is 0.637. The number of aromatic amines is 1.